The first-order valence-corrected chi connectivity index (χ1v) is 12.0. The van der Waals surface area contributed by atoms with Crippen LogP contribution < -0.4 is 0 Å². The molecule has 1 amide bonds. The zero-order valence-corrected chi connectivity index (χ0v) is 19.7. The van der Waals surface area contributed by atoms with E-state index >= 15 is 0 Å². The number of piperidine rings is 1. The standard InChI is InChI=1S/C24H27ClN4OS/c1-16-6-4-9-21(14-16)29-23(19-10-12-20(25)13-11-19)26-27-24(29)31-15-22(30)28-17(2)7-5-8-18(28)3/h4,6,9-14,17-18H,5,7-8,15H2,1-3H3/t17-,18-/m0/s1. The lowest BCUT2D eigenvalue weighted by Crippen LogP contribution is -2.48. The molecule has 2 heterocycles. The van der Waals surface area contributed by atoms with Crippen molar-refractivity contribution in [2.45, 2.75) is 57.3 Å². The van der Waals surface area contributed by atoms with E-state index in [0.717, 1.165) is 35.5 Å². The summed E-state index contributed by atoms with van der Waals surface area (Å²) in [4.78, 5) is 15.1. The smallest absolute Gasteiger partial charge is 0.233 e. The summed E-state index contributed by atoms with van der Waals surface area (Å²) in [6.45, 7) is 6.35. The van der Waals surface area contributed by atoms with Crippen LogP contribution in [0.1, 0.15) is 38.7 Å². The van der Waals surface area contributed by atoms with Crippen LogP contribution in [0.25, 0.3) is 17.1 Å². The Hall–Kier alpha value is -2.31. The van der Waals surface area contributed by atoms with Crippen molar-refractivity contribution in [3.05, 3.63) is 59.1 Å². The third-order valence-corrected chi connectivity index (χ3v) is 6.97. The van der Waals surface area contributed by atoms with Gasteiger partial charge in [-0.2, -0.15) is 0 Å². The van der Waals surface area contributed by atoms with Gasteiger partial charge in [-0.3, -0.25) is 9.36 Å². The van der Waals surface area contributed by atoms with Gasteiger partial charge in [-0.25, -0.2) is 0 Å². The van der Waals surface area contributed by atoms with E-state index in [0.29, 0.717) is 15.9 Å². The fourth-order valence-corrected chi connectivity index (χ4v) is 5.21. The molecule has 0 radical (unpaired) electrons. The van der Waals surface area contributed by atoms with Crippen LogP contribution in [-0.2, 0) is 4.79 Å². The van der Waals surface area contributed by atoms with Crippen LogP contribution in [0.4, 0.5) is 0 Å². The zero-order chi connectivity index (χ0) is 22.0. The minimum absolute atomic E-state index is 0.163. The second kappa shape index (κ2) is 9.45. The summed E-state index contributed by atoms with van der Waals surface area (Å²) in [7, 11) is 0. The molecule has 162 valence electrons. The monoisotopic (exact) mass is 454 g/mol. The van der Waals surface area contributed by atoms with Gasteiger partial charge in [0.2, 0.25) is 5.91 Å². The molecule has 1 aliphatic heterocycles. The fourth-order valence-electron chi connectivity index (χ4n) is 4.26. The molecule has 7 heteroatoms. The average molecular weight is 455 g/mol. The number of carbonyl (C=O) groups excluding carboxylic acids is 1. The molecule has 2 atom stereocenters. The molecule has 1 aromatic heterocycles. The third-order valence-electron chi connectivity index (χ3n) is 5.80. The Kier molecular flexibility index (Phi) is 6.68. The van der Waals surface area contributed by atoms with Gasteiger partial charge in [-0.1, -0.05) is 35.5 Å². The number of hydrogen-bond acceptors (Lipinski definition) is 4. The molecule has 3 aromatic rings. The number of likely N-dealkylation sites (tertiary alicyclic amines) is 1. The van der Waals surface area contributed by atoms with E-state index in [9.17, 15) is 4.79 Å². The first-order chi connectivity index (χ1) is 14.9. The Morgan fingerprint density at radius 3 is 2.48 bits per heavy atom. The van der Waals surface area contributed by atoms with Crippen LogP contribution in [-0.4, -0.2) is 43.4 Å². The van der Waals surface area contributed by atoms with Crippen LogP contribution in [0.15, 0.2) is 53.7 Å². The van der Waals surface area contributed by atoms with Crippen molar-refractivity contribution in [1.29, 1.82) is 0 Å². The van der Waals surface area contributed by atoms with E-state index in [1.165, 1.54) is 18.2 Å². The second-order valence-electron chi connectivity index (χ2n) is 8.21. The summed E-state index contributed by atoms with van der Waals surface area (Å²) >= 11 is 7.52. The molecule has 1 aliphatic rings. The number of aromatic nitrogens is 3. The Morgan fingerprint density at radius 2 is 1.81 bits per heavy atom. The molecule has 31 heavy (non-hydrogen) atoms. The largest absolute Gasteiger partial charge is 0.337 e. The Balaban J connectivity index is 1.64. The van der Waals surface area contributed by atoms with Gasteiger partial charge in [0, 0.05) is 28.4 Å². The number of rotatable bonds is 5. The number of halogens is 1. The molecule has 0 bridgehead atoms. The van der Waals surface area contributed by atoms with Gasteiger partial charge >= 0.3 is 0 Å². The first-order valence-electron chi connectivity index (χ1n) is 10.7. The Labute approximate surface area is 192 Å². The SMILES string of the molecule is Cc1cccc(-n2c(SCC(=O)N3[C@@H](C)CCC[C@@H]3C)nnc2-c2ccc(Cl)cc2)c1. The minimum Gasteiger partial charge on any atom is -0.337 e. The molecule has 5 nitrogen and oxygen atoms in total. The highest BCUT2D eigenvalue weighted by Crippen LogP contribution is 2.30. The van der Waals surface area contributed by atoms with Crippen LogP contribution in [0, 0.1) is 6.92 Å². The summed E-state index contributed by atoms with van der Waals surface area (Å²) in [5, 5.41) is 10.3. The van der Waals surface area contributed by atoms with Crippen molar-refractivity contribution in [3.63, 3.8) is 0 Å². The molecule has 1 fully saturated rings. The van der Waals surface area contributed by atoms with Crippen molar-refractivity contribution in [3.8, 4) is 17.1 Å². The van der Waals surface area contributed by atoms with Gasteiger partial charge < -0.3 is 4.90 Å². The molecular formula is C24H27ClN4OS. The molecule has 4 rings (SSSR count). The molecule has 0 unspecified atom stereocenters. The molecule has 0 aliphatic carbocycles. The van der Waals surface area contributed by atoms with Crippen molar-refractivity contribution in [2.75, 3.05) is 5.75 Å². The summed E-state index contributed by atoms with van der Waals surface area (Å²) in [5.41, 5.74) is 3.05. The van der Waals surface area contributed by atoms with E-state index in [1.807, 2.05) is 45.9 Å². The van der Waals surface area contributed by atoms with Crippen molar-refractivity contribution >= 4 is 29.3 Å². The predicted molar refractivity (Wildman–Crippen MR) is 127 cm³/mol. The van der Waals surface area contributed by atoms with E-state index < -0.39 is 0 Å². The fraction of sp³-hybridized carbons (Fsp3) is 0.375. The van der Waals surface area contributed by atoms with E-state index in [1.54, 1.807) is 0 Å². The van der Waals surface area contributed by atoms with Crippen molar-refractivity contribution in [1.82, 2.24) is 19.7 Å². The Morgan fingerprint density at radius 1 is 1.10 bits per heavy atom. The maximum Gasteiger partial charge on any atom is 0.233 e. The molecule has 0 saturated carbocycles. The van der Waals surface area contributed by atoms with Crippen LogP contribution in [0.3, 0.4) is 0 Å². The number of aryl methyl sites for hydroxylation is 1. The number of amides is 1. The highest BCUT2D eigenvalue weighted by Gasteiger charge is 2.29. The zero-order valence-electron chi connectivity index (χ0n) is 18.1. The third kappa shape index (κ3) is 4.80. The lowest BCUT2D eigenvalue weighted by Gasteiger charge is -2.39. The molecule has 2 aromatic carbocycles. The molecular weight excluding hydrogens is 428 g/mol. The quantitative estimate of drug-likeness (QED) is 0.458. The number of nitrogens with zero attached hydrogens (tertiary/aromatic N) is 4. The maximum atomic E-state index is 13.0. The lowest BCUT2D eigenvalue weighted by atomic mass is 9.98. The number of hydrogen-bond donors (Lipinski definition) is 0. The summed E-state index contributed by atoms with van der Waals surface area (Å²) < 4.78 is 2.03. The van der Waals surface area contributed by atoms with Gasteiger partial charge in [0.05, 0.1) is 5.75 Å². The van der Waals surface area contributed by atoms with E-state index in [2.05, 4.69) is 43.1 Å². The maximum absolute atomic E-state index is 13.0. The van der Waals surface area contributed by atoms with E-state index in [-0.39, 0.29) is 18.0 Å². The number of thioether (sulfide) groups is 1. The average Bonchev–Trinajstić information content (AvgIpc) is 3.16. The summed E-state index contributed by atoms with van der Waals surface area (Å²) in [6, 6.07) is 16.4. The molecule has 1 saturated heterocycles. The van der Waals surface area contributed by atoms with E-state index in [4.69, 9.17) is 11.6 Å². The van der Waals surface area contributed by atoms with Crippen LogP contribution in [0.2, 0.25) is 5.02 Å². The van der Waals surface area contributed by atoms with Gasteiger partial charge in [0.15, 0.2) is 11.0 Å². The number of carbonyl (C=O) groups is 1. The van der Waals surface area contributed by atoms with Gasteiger partial charge in [-0.05, 0) is 82.0 Å². The van der Waals surface area contributed by atoms with Crippen molar-refractivity contribution < 1.29 is 4.79 Å². The van der Waals surface area contributed by atoms with Crippen LogP contribution >= 0.6 is 23.4 Å². The topological polar surface area (TPSA) is 51.0 Å². The van der Waals surface area contributed by atoms with Crippen LogP contribution in [0.5, 0.6) is 0 Å². The summed E-state index contributed by atoms with van der Waals surface area (Å²) in [6.07, 6.45) is 3.33. The van der Waals surface area contributed by atoms with Gasteiger partial charge in [0.1, 0.15) is 0 Å². The molecule has 0 N–H and O–H groups in total. The summed E-state index contributed by atoms with van der Waals surface area (Å²) in [5.74, 6) is 1.24. The highest BCUT2D eigenvalue weighted by molar-refractivity contribution is 7.99. The lowest BCUT2D eigenvalue weighted by molar-refractivity contribution is -0.134. The van der Waals surface area contributed by atoms with Gasteiger partial charge in [-0.15, -0.1) is 10.2 Å². The first kappa shape index (κ1) is 21.9. The minimum atomic E-state index is 0.163. The normalized spacial score (nSPS) is 18.9. The second-order valence-corrected chi connectivity index (χ2v) is 9.59. The predicted octanol–water partition coefficient (Wildman–Crippen LogP) is 5.78. The number of benzene rings is 2. The van der Waals surface area contributed by atoms with Gasteiger partial charge in [0.25, 0.3) is 0 Å². The Bertz CT molecular complexity index is 1060. The van der Waals surface area contributed by atoms with Crippen molar-refractivity contribution in [2.24, 2.45) is 0 Å². The highest BCUT2D eigenvalue weighted by atomic mass is 35.5. The molecule has 0 spiro atoms.